The normalized spacial score (nSPS) is 14.6. The van der Waals surface area contributed by atoms with E-state index in [4.69, 9.17) is 19.4 Å². The van der Waals surface area contributed by atoms with E-state index in [1.54, 1.807) is 18.3 Å². The van der Waals surface area contributed by atoms with Gasteiger partial charge in [-0.1, -0.05) is 30.3 Å². The number of nitrogens with zero attached hydrogens (tertiary/aromatic N) is 3. The van der Waals surface area contributed by atoms with E-state index < -0.39 is 6.16 Å². The molecular formula is C23H28N4O3S. The number of hydrogen-bond donors (Lipinski definition) is 1. The summed E-state index contributed by atoms with van der Waals surface area (Å²) in [7, 11) is 0. The largest absolute Gasteiger partial charge is 0.508 e. The lowest BCUT2D eigenvalue weighted by Crippen LogP contribution is -2.39. The minimum Gasteiger partial charge on any atom is -0.435 e. The van der Waals surface area contributed by atoms with Crippen molar-refractivity contribution in [1.82, 2.24) is 9.97 Å². The van der Waals surface area contributed by atoms with Crippen LogP contribution in [0.15, 0.2) is 30.3 Å². The first-order valence-electron chi connectivity index (χ1n) is 10.7. The zero-order valence-electron chi connectivity index (χ0n) is 18.2. The lowest BCUT2D eigenvalue weighted by molar-refractivity contribution is 0.0183. The van der Waals surface area contributed by atoms with E-state index in [9.17, 15) is 4.79 Å². The lowest BCUT2D eigenvalue weighted by Gasteiger charge is -2.31. The van der Waals surface area contributed by atoms with Crippen molar-refractivity contribution in [1.29, 1.82) is 0 Å². The van der Waals surface area contributed by atoms with Gasteiger partial charge in [0.2, 0.25) is 5.95 Å². The van der Waals surface area contributed by atoms with Gasteiger partial charge in [0.25, 0.3) is 0 Å². The number of fused-ring (bicyclic) bond motifs is 1. The van der Waals surface area contributed by atoms with Gasteiger partial charge in [-0.15, -0.1) is 11.3 Å². The predicted molar refractivity (Wildman–Crippen MR) is 124 cm³/mol. The second kappa shape index (κ2) is 9.51. The van der Waals surface area contributed by atoms with E-state index in [2.05, 4.69) is 36.2 Å². The minimum atomic E-state index is -0.587. The van der Waals surface area contributed by atoms with Crippen molar-refractivity contribution < 1.29 is 14.3 Å². The number of hydrogen-bond acceptors (Lipinski definition) is 8. The predicted octanol–water partition coefficient (Wildman–Crippen LogP) is 5.06. The van der Waals surface area contributed by atoms with Gasteiger partial charge in [0, 0.05) is 37.4 Å². The van der Waals surface area contributed by atoms with E-state index >= 15 is 0 Å². The van der Waals surface area contributed by atoms with Gasteiger partial charge in [0.05, 0.1) is 12.0 Å². The molecule has 0 atom stereocenters. The number of carbonyl (C=O) groups is 1. The maximum Gasteiger partial charge on any atom is 0.508 e. The molecule has 0 saturated carbocycles. The summed E-state index contributed by atoms with van der Waals surface area (Å²) in [6, 6.07) is 10.3. The molecule has 1 aromatic carbocycles. The van der Waals surface area contributed by atoms with Crippen LogP contribution in [0.2, 0.25) is 0 Å². The summed E-state index contributed by atoms with van der Waals surface area (Å²) in [4.78, 5) is 25.8. The van der Waals surface area contributed by atoms with Crippen LogP contribution in [0.1, 0.15) is 35.8 Å². The first kappa shape index (κ1) is 21.4. The average Bonchev–Trinajstić information content (AvgIpc) is 3.07. The van der Waals surface area contributed by atoms with E-state index in [-0.39, 0.29) is 6.10 Å². The van der Waals surface area contributed by atoms with Crippen LogP contribution in [0.25, 0.3) is 10.2 Å². The number of aromatic nitrogens is 2. The summed E-state index contributed by atoms with van der Waals surface area (Å²) >= 11 is 1.70. The Morgan fingerprint density at radius 1 is 1.19 bits per heavy atom. The Labute approximate surface area is 186 Å². The molecule has 164 valence electrons. The highest BCUT2D eigenvalue weighted by Crippen LogP contribution is 2.35. The van der Waals surface area contributed by atoms with Crippen LogP contribution >= 0.6 is 11.3 Å². The molecule has 1 aliphatic rings. The number of aryl methyl sites for hydroxylation is 2. The summed E-state index contributed by atoms with van der Waals surface area (Å²) in [5, 5.41) is 4.63. The van der Waals surface area contributed by atoms with Crippen molar-refractivity contribution in [3.63, 3.8) is 0 Å². The number of piperidine rings is 1. The molecule has 1 saturated heterocycles. The Kier molecular flexibility index (Phi) is 6.56. The fraction of sp³-hybridized carbons (Fsp3) is 0.435. The van der Waals surface area contributed by atoms with E-state index in [1.165, 1.54) is 16.0 Å². The van der Waals surface area contributed by atoms with Crippen LogP contribution in [0.4, 0.5) is 16.6 Å². The molecule has 4 rings (SSSR count). The molecule has 0 bridgehead atoms. The van der Waals surface area contributed by atoms with Gasteiger partial charge < -0.3 is 19.7 Å². The third-order valence-corrected chi connectivity index (χ3v) is 6.67. The Bertz CT molecular complexity index is 1050. The highest BCUT2D eigenvalue weighted by atomic mass is 32.1. The molecule has 0 amide bonds. The molecule has 3 heterocycles. The monoisotopic (exact) mass is 440 g/mol. The second-order valence-corrected chi connectivity index (χ2v) is 8.87. The van der Waals surface area contributed by atoms with Crippen LogP contribution in [0.5, 0.6) is 0 Å². The molecule has 31 heavy (non-hydrogen) atoms. The van der Waals surface area contributed by atoms with Gasteiger partial charge in [-0.3, -0.25) is 0 Å². The third kappa shape index (κ3) is 4.90. The molecule has 0 spiro atoms. The zero-order chi connectivity index (χ0) is 21.8. The third-order valence-electron chi connectivity index (χ3n) is 5.57. The van der Waals surface area contributed by atoms with E-state index in [0.29, 0.717) is 13.2 Å². The molecule has 2 aromatic heterocycles. The number of nitrogens with one attached hydrogen (secondary N) is 1. The Hall–Kier alpha value is -2.87. The van der Waals surface area contributed by atoms with E-state index in [0.717, 1.165) is 47.9 Å². The van der Waals surface area contributed by atoms with Crippen LogP contribution in [-0.2, 0) is 16.0 Å². The summed E-state index contributed by atoms with van der Waals surface area (Å²) in [5.41, 5.74) is 2.43. The molecule has 0 radical (unpaired) electrons. The Balaban J connectivity index is 1.53. The van der Waals surface area contributed by atoms with Crippen molar-refractivity contribution in [2.24, 2.45) is 0 Å². The highest BCUT2D eigenvalue weighted by Gasteiger charge is 2.25. The number of carbonyl (C=O) groups excluding carboxylic acids is 1. The highest BCUT2D eigenvalue weighted by molar-refractivity contribution is 7.18. The number of benzene rings is 1. The van der Waals surface area contributed by atoms with Gasteiger partial charge in [-0.2, -0.15) is 4.98 Å². The Morgan fingerprint density at radius 3 is 2.65 bits per heavy atom. The molecule has 1 aliphatic heterocycles. The lowest BCUT2D eigenvalue weighted by atomic mass is 10.1. The van der Waals surface area contributed by atoms with Crippen molar-refractivity contribution in [3.8, 4) is 0 Å². The number of thiophene rings is 1. The molecular weight excluding hydrogens is 412 g/mol. The second-order valence-electron chi connectivity index (χ2n) is 7.66. The summed E-state index contributed by atoms with van der Waals surface area (Å²) in [6.07, 6.45) is 0.752. The van der Waals surface area contributed by atoms with Crippen molar-refractivity contribution >= 4 is 39.5 Å². The topological polar surface area (TPSA) is 76.6 Å². The number of anilines is 2. The molecule has 0 aliphatic carbocycles. The Morgan fingerprint density at radius 2 is 1.94 bits per heavy atom. The summed E-state index contributed by atoms with van der Waals surface area (Å²) < 4.78 is 10.3. The molecule has 8 heteroatoms. The molecule has 1 fully saturated rings. The van der Waals surface area contributed by atoms with Crippen LogP contribution in [0, 0.1) is 13.8 Å². The van der Waals surface area contributed by atoms with Gasteiger partial charge in [-0.05, 0) is 31.9 Å². The zero-order valence-corrected chi connectivity index (χ0v) is 19.0. The first-order valence-corrected chi connectivity index (χ1v) is 11.5. The van der Waals surface area contributed by atoms with Crippen molar-refractivity contribution in [2.75, 3.05) is 29.9 Å². The van der Waals surface area contributed by atoms with E-state index in [1.807, 2.05) is 18.2 Å². The minimum absolute atomic E-state index is 0.124. The fourth-order valence-electron chi connectivity index (χ4n) is 3.75. The number of rotatable bonds is 6. The van der Waals surface area contributed by atoms with Crippen LogP contribution in [-0.4, -0.2) is 41.9 Å². The van der Waals surface area contributed by atoms with Gasteiger partial charge in [0.15, 0.2) is 0 Å². The number of ether oxygens (including phenoxy) is 2. The molecule has 1 N–H and O–H groups in total. The quantitative estimate of drug-likeness (QED) is 0.537. The maximum atomic E-state index is 11.6. The maximum absolute atomic E-state index is 11.6. The standard InChI is InChI=1S/C23H28N4O3S/c1-4-29-23(28)30-18-10-12-27(13-11-18)22-25-20(24-14-17-8-6-5-7-9-17)19-15(2)16(3)31-21(19)26-22/h5-9,18H,4,10-14H2,1-3H3,(H,24,25,26). The van der Waals surface area contributed by atoms with Crippen LogP contribution in [0.3, 0.4) is 0 Å². The summed E-state index contributed by atoms with van der Waals surface area (Å²) in [5.74, 6) is 1.59. The van der Waals surface area contributed by atoms with Crippen molar-refractivity contribution in [3.05, 3.63) is 46.3 Å². The molecule has 3 aromatic rings. The fourth-order valence-corrected chi connectivity index (χ4v) is 4.78. The average molecular weight is 441 g/mol. The SMILES string of the molecule is CCOC(=O)OC1CCN(c2nc(NCc3ccccc3)c3c(C)c(C)sc3n2)CC1. The smallest absolute Gasteiger partial charge is 0.435 e. The first-order chi connectivity index (χ1) is 15.0. The van der Waals surface area contributed by atoms with Gasteiger partial charge in [0.1, 0.15) is 16.8 Å². The van der Waals surface area contributed by atoms with Crippen LogP contribution < -0.4 is 10.2 Å². The molecule has 0 unspecified atom stereocenters. The van der Waals surface area contributed by atoms with Gasteiger partial charge >= 0.3 is 6.16 Å². The van der Waals surface area contributed by atoms with Gasteiger partial charge in [-0.25, -0.2) is 9.78 Å². The van der Waals surface area contributed by atoms with Crippen molar-refractivity contribution in [2.45, 2.75) is 46.3 Å². The molecule has 7 nitrogen and oxygen atoms in total. The summed E-state index contributed by atoms with van der Waals surface area (Å²) in [6.45, 7) is 8.52.